The molecule has 0 aliphatic heterocycles. The molecule has 1 N–H and O–H groups in total. The van der Waals surface area contributed by atoms with Gasteiger partial charge in [0.05, 0.1) is 0 Å². The summed E-state index contributed by atoms with van der Waals surface area (Å²) in [6.07, 6.45) is 0. The molecule has 0 fully saturated rings. The highest BCUT2D eigenvalue weighted by atomic mass is 35.5. The first-order valence-corrected chi connectivity index (χ1v) is 5.50. The molecular formula is C12H16ClNO. The Morgan fingerprint density at radius 1 is 1.27 bits per heavy atom. The van der Waals surface area contributed by atoms with E-state index in [1.54, 1.807) is 6.92 Å². The molecule has 0 aliphatic carbocycles. The number of para-hydroxylation sites is 1. The van der Waals surface area contributed by atoms with Gasteiger partial charge in [-0.05, 0) is 24.5 Å². The van der Waals surface area contributed by atoms with E-state index in [1.807, 2.05) is 24.3 Å². The number of amides is 1. The average Bonchev–Trinajstić information content (AvgIpc) is 2.18. The number of halogens is 1. The lowest BCUT2D eigenvalue weighted by molar-refractivity contribution is -0.115. The molecule has 1 rings (SSSR count). The van der Waals surface area contributed by atoms with Crippen LogP contribution in [-0.2, 0) is 4.79 Å². The zero-order chi connectivity index (χ0) is 11.4. The third-order valence-electron chi connectivity index (χ3n) is 2.20. The Hall–Kier alpha value is -1.02. The summed E-state index contributed by atoms with van der Waals surface area (Å²) >= 11 is 5.70. The van der Waals surface area contributed by atoms with Crippen LogP contribution in [0.1, 0.15) is 32.3 Å². The minimum Gasteiger partial charge on any atom is -0.325 e. The van der Waals surface area contributed by atoms with Gasteiger partial charge >= 0.3 is 0 Å². The highest BCUT2D eigenvalue weighted by molar-refractivity contribution is 6.32. The second-order valence-electron chi connectivity index (χ2n) is 3.85. The first-order chi connectivity index (χ1) is 7.02. The molecule has 1 atom stereocenters. The van der Waals surface area contributed by atoms with Crippen LogP contribution in [0.15, 0.2) is 24.3 Å². The van der Waals surface area contributed by atoms with Gasteiger partial charge in [-0.3, -0.25) is 4.79 Å². The number of benzene rings is 1. The number of nitrogens with one attached hydrogen (secondary N) is 1. The SMILES string of the molecule is CC(C)c1ccccc1NC(=O)[C@H](C)Cl. The van der Waals surface area contributed by atoms with E-state index in [2.05, 4.69) is 19.2 Å². The van der Waals surface area contributed by atoms with Crippen LogP contribution < -0.4 is 5.32 Å². The third kappa shape index (κ3) is 3.24. The van der Waals surface area contributed by atoms with Gasteiger partial charge in [0.15, 0.2) is 0 Å². The lowest BCUT2D eigenvalue weighted by Gasteiger charge is -2.14. The van der Waals surface area contributed by atoms with Crippen LogP contribution in [0.5, 0.6) is 0 Å². The van der Waals surface area contributed by atoms with E-state index in [9.17, 15) is 4.79 Å². The minimum absolute atomic E-state index is 0.162. The van der Waals surface area contributed by atoms with Crippen molar-refractivity contribution in [3.8, 4) is 0 Å². The van der Waals surface area contributed by atoms with E-state index < -0.39 is 5.38 Å². The molecule has 0 unspecified atom stereocenters. The van der Waals surface area contributed by atoms with Gasteiger partial charge in [-0.1, -0.05) is 32.0 Å². The molecule has 0 bridgehead atoms. The standard InChI is InChI=1S/C12H16ClNO/c1-8(2)10-6-4-5-7-11(10)14-12(15)9(3)13/h4-9H,1-3H3,(H,14,15)/t9-/m0/s1. The van der Waals surface area contributed by atoms with Crippen LogP contribution in [0.3, 0.4) is 0 Å². The highest BCUT2D eigenvalue weighted by Gasteiger charge is 2.12. The Bertz CT molecular complexity index is 347. The monoisotopic (exact) mass is 225 g/mol. The second kappa shape index (κ2) is 5.17. The molecular weight excluding hydrogens is 210 g/mol. The topological polar surface area (TPSA) is 29.1 Å². The quantitative estimate of drug-likeness (QED) is 0.786. The fourth-order valence-corrected chi connectivity index (χ4v) is 1.40. The maximum atomic E-state index is 11.4. The third-order valence-corrected chi connectivity index (χ3v) is 2.40. The predicted molar refractivity (Wildman–Crippen MR) is 64.5 cm³/mol. The molecule has 0 aromatic heterocycles. The maximum absolute atomic E-state index is 11.4. The van der Waals surface area contributed by atoms with Gasteiger partial charge in [0.1, 0.15) is 5.38 Å². The Kier molecular flexibility index (Phi) is 4.15. The molecule has 1 aromatic rings. The van der Waals surface area contributed by atoms with E-state index >= 15 is 0 Å². The van der Waals surface area contributed by atoms with E-state index in [0.717, 1.165) is 11.3 Å². The fourth-order valence-electron chi connectivity index (χ4n) is 1.35. The minimum atomic E-state index is -0.509. The van der Waals surface area contributed by atoms with E-state index in [1.165, 1.54) is 0 Å². The Morgan fingerprint density at radius 3 is 2.40 bits per heavy atom. The van der Waals surface area contributed by atoms with E-state index in [-0.39, 0.29) is 5.91 Å². The van der Waals surface area contributed by atoms with Crippen LogP contribution in [0.4, 0.5) is 5.69 Å². The number of alkyl halides is 1. The summed E-state index contributed by atoms with van der Waals surface area (Å²) in [5, 5.41) is 2.31. The molecule has 2 nitrogen and oxygen atoms in total. The van der Waals surface area contributed by atoms with Gasteiger partial charge in [-0.25, -0.2) is 0 Å². The number of anilines is 1. The van der Waals surface area contributed by atoms with Crippen molar-refractivity contribution in [2.75, 3.05) is 5.32 Å². The molecule has 1 aromatic carbocycles. The molecule has 3 heteroatoms. The van der Waals surface area contributed by atoms with Crippen molar-refractivity contribution < 1.29 is 4.79 Å². The summed E-state index contributed by atoms with van der Waals surface area (Å²) in [4.78, 5) is 11.4. The van der Waals surface area contributed by atoms with Crippen molar-refractivity contribution in [1.29, 1.82) is 0 Å². The van der Waals surface area contributed by atoms with Gasteiger partial charge in [0, 0.05) is 5.69 Å². The summed E-state index contributed by atoms with van der Waals surface area (Å²) in [6.45, 7) is 5.85. The summed E-state index contributed by atoms with van der Waals surface area (Å²) < 4.78 is 0. The lowest BCUT2D eigenvalue weighted by atomic mass is 10.0. The second-order valence-corrected chi connectivity index (χ2v) is 4.50. The maximum Gasteiger partial charge on any atom is 0.242 e. The van der Waals surface area contributed by atoms with Gasteiger partial charge in [0.2, 0.25) is 5.91 Å². The van der Waals surface area contributed by atoms with Crippen LogP contribution in [0.2, 0.25) is 0 Å². The lowest BCUT2D eigenvalue weighted by Crippen LogP contribution is -2.21. The highest BCUT2D eigenvalue weighted by Crippen LogP contribution is 2.23. The molecule has 1 amide bonds. The zero-order valence-corrected chi connectivity index (χ0v) is 10.0. The first kappa shape index (κ1) is 12.1. The number of hydrogen-bond acceptors (Lipinski definition) is 1. The van der Waals surface area contributed by atoms with Crippen molar-refractivity contribution in [1.82, 2.24) is 0 Å². The van der Waals surface area contributed by atoms with Crippen LogP contribution in [0, 0.1) is 0 Å². The Labute approximate surface area is 95.6 Å². The van der Waals surface area contributed by atoms with Crippen LogP contribution >= 0.6 is 11.6 Å². The Morgan fingerprint density at radius 2 is 1.87 bits per heavy atom. The zero-order valence-electron chi connectivity index (χ0n) is 9.25. The van der Waals surface area contributed by atoms with Crippen molar-refractivity contribution in [3.63, 3.8) is 0 Å². The van der Waals surface area contributed by atoms with Crippen LogP contribution in [-0.4, -0.2) is 11.3 Å². The Balaban J connectivity index is 2.89. The van der Waals surface area contributed by atoms with Gasteiger partial charge < -0.3 is 5.32 Å². The number of carbonyl (C=O) groups is 1. The van der Waals surface area contributed by atoms with Gasteiger partial charge in [-0.2, -0.15) is 0 Å². The number of hydrogen-bond donors (Lipinski definition) is 1. The molecule has 0 radical (unpaired) electrons. The molecule has 0 saturated carbocycles. The molecule has 0 spiro atoms. The number of rotatable bonds is 3. The van der Waals surface area contributed by atoms with Crippen molar-refractivity contribution in [2.24, 2.45) is 0 Å². The smallest absolute Gasteiger partial charge is 0.242 e. The summed E-state index contributed by atoms with van der Waals surface area (Å²) in [6, 6.07) is 7.78. The average molecular weight is 226 g/mol. The summed E-state index contributed by atoms with van der Waals surface area (Å²) in [5.41, 5.74) is 1.98. The molecule has 15 heavy (non-hydrogen) atoms. The van der Waals surface area contributed by atoms with Crippen molar-refractivity contribution in [3.05, 3.63) is 29.8 Å². The molecule has 82 valence electrons. The normalized spacial score (nSPS) is 12.6. The van der Waals surface area contributed by atoms with Crippen LogP contribution in [0.25, 0.3) is 0 Å². The van der Waals surface area contributed by atoms with Crippen molar-refractivity contribution >= 4 is 23.2 Å². The largest absolute Gasteiger partial charge is 0.325 e. The van der Waals surface area contributed by atoms with E-state index in [4.69, 9.17) is 11.6 Å². The first-order valence-electron chi connectivity index (χ1n) is 5.06. The summed E-state index contributed by atoms with van der Waals surface area (Å²) in [7, 11) is 0. The molecule has 0 aliphatic rings. The fraction of sp³-hybridized carbons (Fsp3) is 0.417. The van der Waals surface area contributed by atoms with E-state index in [0.29, 0.717) is 5.92 Å². The molecule has 0 saturated heterocycles. The predicted octanol–water partition coefficient (Wildman–Crippen LogP) is 3.38. The number of carbonyl (C=O) groups excluding carboxylic acids is 1. The van der Waals surface area contributed by atoms with Gasteiger partial charge in [0.25, 0.3) is 0 Å². The summed E-state index contributed by atoms with van der Waals surface area (Å²) in [5.74, 6) is 0.219. The van der Waals surface area contributed by atoms with Crippen molar-refractivity contribution in [2.45, 2.75) is 32.1 Å². The molecule has 0 heterocycles. The van der Waals surface area contributed by atoms with Gasteiger partial charge in [-0.15, -0.1) is 11.6 Å².